The lowest BCUT2D eigenvalue weighted by atomic mass is 10.2. The molecule has 1 N–H and O–H groups in total. The third-order valence-electron chi connectivity index (χ3n) is 3.29. The molecule has 1 aliphatic rings. The molecule has 0 aliphatic carbocycles. The summed E-state index contributed by atoms with van der Waals surface area (Å²) in [5.74, 6) is 0. The molecular formula is C12H17BrN2O2S. The fourth-order valence-electron chi connectivity index (χ4n) is 2.12. The fourth-order valence-corrected chi connectivity index (χ4v) is 4.65. The molecule has 1 saturated heterocycles. The van der Waals surface area contributed by atoms with Gasteiger partial charge in [0.1, 0.15) is 0 Å². The van der Waals surface area contributed by atoms with E-state index in [0.29, 0.717) is 9.37 Å². The molecule has 100 valence electrons. The minimum atomic E-state index is -3.42. The van der Waals surface area contributed by atoms with Crippen molar-refractivity contribution < 1.29 is 8.42 Å². The lowest BCUT2D eigenvalue weighted by molar-refractivity contribution is 0.387. The molecule has 0 bridgehead atoms. The maximum Gasteiger partial charge on any atom is 0.244 e. The summed E-state index contributed by atoms with van der Waals surface area (Å²) in [5, 5.41) is 3.18. The molecule has 2 rings (SSSR count). The molecule has 0 spiro atoms. The van der Waals surface area contributed by atoms with Gasteiger partial charge in [0, 0.05) is 24.1 Å². The van der Waals surface area contributed by atoms with E-state index in [2.05, 4.69) is 21.2 Å². The Morgan fingerprint density at radius 2 is 2.17 bits per heavy atom. The highest BCUT2D eigenvalue weighted by Gasteiger charge is 2.31. The smallest absolute Gasteiger partial charge is 0.244 e. The molecule has 0 saturated carbocycles. The van der Waals surface area contributed by atoms with Crippen LogP contribution in [0.2, 0.25) is 0 Å². The quantitative estimate of drug-likeness (QED) is 0.917. The van der Waals surface area contributed by atoms with Crippen molar-refractivity contribution in [1.29, 1.82) is 0 Å². The molecule has 6 heteroatoms. The van der Waals surface area contributed by atoms with Gasteiger partial charge in [-0.2, -0.15) is 4.31 Å². The number of likely N-dealkylation sites (N-methyl/N-ethyl adjacent to an activating group) is 1. The Morgan fingerprint density at radius 3 is 2.72 bits per heavy atom. The highest BCUT2D eigenvalue weighted by atomic mass is 79.9. The van der Waals surface area contributed by atoms with Crippen molar-refractivity contribution in [3.05, 3.63) is 28.2 Å². The summed E-state index contributed by atoms with van der Waals surface area (Å²) in [6.45, 7) is 3.53. The summed E-state index contributed by atoms with van der Waals surface area (Å²) in [6, 6.07) is 5.35. The second-order valence-corrected chi connectivity index (χ2v) is 7.42. The largest absolute Gasteiger partial charge is 0.315 e. The summed E-state index contributed by atoms with van der Waals surface area (Å²) in [4.78, 5) is 0.336. The van der Waals surface area contributed by atoms with Crippen LogP contribution in [0.15, 0.2) is 27.6 Å². The van der Waals surface area contributed by atoms with Gasteiger partial charge in [-0.15, -0.1) is 0 Å². The minimum Gasteiger partial charge on any atom is -0.315 e. The van der Waals surface area contributed by atoms with Crippen molar-refractivity contribution in [1.82, 2.24) is 9.62 Å². The van der Waals surface area contributed by atoms with Crippen LogP contribution in [-0.4, -0.2) is 38.9 Å². The van der Waals surface area contributed by atoms with Crippen LogP contribution in [0.25, 0.3) is 0 Å². The topological polar surface area (TPSA) is 49.4 Å². The fraction of sp³-hybridized carbons (Fsp3) is 0.500. The Hall–Kier alpha value is -0.430. The summed E-state index contributed by atoms with van der Waals surface area (Å²) in [7, 11) is -1.77. The number of hydrogen-bond donors (Lipinski definition) is 1. The summed E-state index contributed by atoms with van der Waals surface area (Å²) < 4.78 is 27.1. The zero-order valence-corrected chi connectivity index (χ0v) is 12.9. The summed E-state index contributed by atoms with van der Waals surface area (Å²) in [6.07, 6.45) is 0.860. The van der Waals surface area contributed by atoms with Crippen molar-refractivity contribution in [3.63, 3.8) is 0 Å². The molecule has 1 fully saturated rings. The van der Waals surface area contributed by atoms with Gasteiger partial charge in [-0.25, -0.2) is 8.42 Å². The molecule has 0 radical (unpaired) electrons. The van der Waals surface area contributed by atoms with Crippen LogP contribution in [0, 0.1) is 6.92 Å². The van der Waals surface area contributed by atoms with E-state index in [-0.39, 0.29) is 6.04 Å². The molecule has 0 unspecified atom stereocenters. The van der Waals surface area contributed by atoms with Gasteiger partial charge in [-0.3, -0.25) is 0 Å². The van der Waals surface area contributed by atoms with E-state index in [4.69, 9.17) is 0 Å². The van der Waals surface area contributed by atoms with Crippen LogP contribution in [-0.2, 0) is 10.0 Å². The van der Waals surface area contributed by atoms with E-state index in [1.54, 1.807) is 13.1 Å². The maximum absolute atomic E-state index is 12.5. The number of sulfonamides is 1. The predicted molar refractivity (Wildman–Crippen MR) is 75.1 cm³/mol. The number of aryl methyl sites for hydroxylation is 1. The van der Waals surface area contributed by atoms with Crippen molar-refractivity contribution in [2.24, 2.45) is 0 Å². The van der Waals surface area contributed by atoms with Gasteiger partial charge in [-0.05, 0) is 53.5 Å². The lowest BCUT2D eigenvalue weighted by Gasteiger charge is -2.23. The molecule has 1 aromatic carbocycles. The molecule has 0 aromatic heterocycles. The number of benzene rings is 1. The minimum absolute atomic E-state index is 0.0446. The third-order valence-corrected chi connectivity index (χ3v) is 6.18. The Labute approximate surface area is 117 Å². The standard InChI is InChI=1S/C12H17BrN2O2S/c1-9-3-4-12(11(13)7-9)18(16,17)15(2)10-5-6-14-8-10/h3-4,7,10,14H,5-6,8H2,1-2H3/t10-/m1/s1. The van der Waals surface area contributed by atoms with Crippen molar-refractivity contribution in [3.8, 4) is 0 Å². The van der Waals surface area contributed by atoms with E-state index < -0.39 is 10.0 Å². The van der Waals surface area contributed by atoms with Gasteiger partial charge in [0.15, 0.2) is 0 Å². The highest BCUT2D eigenvalue weighted by molar-refractivity contribution is 9.10. The predicted octanol–water partition coefficient (Wildman–Crippen LogP) is 1.74. The lowest BCUT2D eigenvalue weighted by Crippen LogP contribution is -2.38. The molecule has 4 nitrogen and oxygen atoms in total. The molecular weight excluding hydrogens is 316 g/mol. The second kappa shape index (κ2) is 5.28. The first-order valence-corrected chi connectivity index (χ1v) is 8.11. The average molecular weight is 333 g/mol. The molecule has 1 heterocycles. The highest BCUT2D eigenvalue weighted by Crippen LogP contribution is 2.27. The monoisotopic (exact) mass is 332 g/mol. The third kappa shape index (κ3) is 2.61. The summed E-state index contributed by atoms with van der Waals surface area (Å²) >= 11 is 3.34. The molecule has 1 atom stereocenters. The van der Waals surface area contributed by atoms with Gasteiger partial charge in [-0.1, -0.05) is 6.07 Å². The van der Waals surface area contributed by atoms with Crippen LogP contribution in [0.1, 0.15) is 12.0 Å². The van der Waals surface area contributed by atoms with Gasteiger partial charge < -0.3 is 5.32 Å². The van der Waals surface area contributed by atoms with Gasteiger partial charge in [0.2, 0.25) is 10.0 Å². The van der Waals surface area contributed by atoms with E-state index in [1.165, 1.54) is 4.31 Å². The molecule has 1 aromatic rings. The number of halogens is 1. The van der Waals surface area contributed by atoms with Gasteiger partial charge >= 0.3 is 0 Å². The maximum atomic E-state index is 12.5. The average Bonchev–Trinajstić information content (AvgIpc) is 2.80. The van der Waals surface area contributed by atoms with Crippen molar-refractivity contribution in [2.75, 3.05) is 20.1 Å². The van der Waals surface area contributed by atoms with E-state index in [0.717, 1.165) is 25.1 Å². The zero-order chi connectivity index (χ0) is 13.3. The Balaban J connectivity index is 2.35. The first kappa shape index (κ1) is 14.0. The van der Waals surface area contributed by atoms with Crippen LogP contribution in [0.3, 0.4) is 0 Å². The van der Waals surface area contributed by atoms with Crippen LogP contribution in [0.5, 0.6) is 0 Å². The molecule has 1 aliphatic heterocycles. The number of nitrogens with zero attached hydrogens (tertiary/aromatic N) is 1. The van der Waals surface area contributed by atoms with Gasteiger partial charge in [0.25, 0.3) is 0 Å². The van der Waals surface area contributed by atoms with E-state index in [9.17, 15) is 8.42 Å². The molecule has 18 heavy (non-hydrogen) atoms. The van der Waals surface area contributed by atoms with Crippen LogP contribution < -0.4 is 5.32 Å². The summed E-state index contributed by atoms with van der Waals surface area (Å²) in [5.41, 5.74) is 1.03. The Morgan fingerprint density at radius 1 is 1.44 bits per heavy atom. The second-order valence-electron chi connectivity index (χ2n) is 4.60. The molecule has 0 amide bonds. The normalized spacial score (nSPS) is 20.6. The van der Waals surface area contributed by atoms with Crippen molar-refractivity contribution in [2.45, 2.75) is 24.3 Å². The Kier molecular flexibility index (Phi) is 4.11. The SMILES string of the molecule is Cc1ccc(S(=O)(=O)N(C)[C@@H]2CCNC2)c(Br)c1. The number of hydrogen-bond acceptors (Lipinski definition) is 3. The van der Waals surface area contributed by atoms with Gasteiger partial charge in [0.05, 0.1) is 4.90 Å². The zero-order valence-electron chi connectivity index (χ0n) is 10.5. The number of nitrogens with one attached hydrogen (secondary N) is 1. The van der Waals surface area contributed by atoms with E-state index >= 15 is 0 Å². The first-order chi connectivity index (χ1) is 8.43. The van der Waals surface area contributed by atoms with E-state index in [1.807, 2.05) is 19.1 Å². The van der Waals surface area contributed by atoms with Crippen LogP contribution in [0.4, 0.5) is 0 Å². The number of rotatable bonds is 3. The first-order valence-electron chi connectivity index (χ1n) is 5.88. The van der Waals surface area contributed by atoms with Crippen LogP contribution >= 0.6 is 15.9 Å². The Bertz CT molecular complexity index is 539. The van der Waals surface area contributed by atoms with Crippen molar-refractivity contribution >= 4 is 26.0 Å².